The monoisotopic (exact) mass is 264 g/mol. The molecule has 4 heteroatoms. The molecule has 3 rings (SSSR count). The van der Waals surface area contributed by atoms with Crippen LogP contribution in [0.2, 0.25) is 0 Å². The summed E-state index contributed by atoms with van der Waals surface area (Å²) in [5.74, 6) is 0.981. The summed E-state index contributed by atoms with van der Waals surface area (Å²) in [6.45, 7) is 2.06. The Morgan fingerprint density at radius 1 is 1.32 bits per heavy atom. The van der Waals surface area contributed by atoms with Gasteiger partial charge in [-0.15, -0.1) is 0 Å². The van der Waals surface area contributed by atoms with E-state index in [1.165, 1.54) is 25.3 Å². The molecule has 1 saturated heterocycles. The van der Waals surface area contributed by atoms with Crippen molar-refractivity contribution < 1.29 is 9.50 Å². The average molecular weight is 264 g/mol. The summed E-state index contributed by atoms with van der Waals surface area (Å²) >= 11 is 0. The maximum absolute atomic E-state index is 13.5. The number of rotatable bonds is 2. The molecule has 2 fully saturated rings. The minimum absolute atomic E-state index is 0.221. The maximum Gasteiger partial charge on any atom is 0.128 e. The minimum atomic E-state index is -0.328. The quantitative estimate of drug-likeness (QED) is 0.768. The van der Waals surface area contributed by atoms with Crippen LogP contribution in [0.4, 0.5) is 4.39 Å². The van der Waals surface area contributed by atoms with E-state index in [0.717, 1.165) is 11.5 Å². The summed E-state index contributed by atoms with van der Waals surface area (Å²) in [6, 6.07) is 5.82. The Labute approximate surface area is 113 Å². The molecule has 19 heavy (non-hydrogen) atoms. The molecule has 1 heterocycles. The molecule has 0 bridgehead atoms. The van der Waals surface area contributed by atoms with E-state index in [4.69, 9.17) is 0 Å². The smallest absolute Gasteiger partial charge is 0.128 e. The van der Waals surface area contributed by atoms with Crippen molar-refractivity contribution >= 4 is 0 Å². The maximum atomic E-state index is 13.5. The van der Waals surface area contributed by atoms with Crippen molar-refractivity contribution in [3.63, 3.8) is 0 Å². The van der Waals surface area contributed by atoms with Crippen LogP contribution in [0.5, 0.6) is 0 Å². The van der Waals surface area contributed by atoms with Crippen LogP contribution in [0, 0.1) is 17.7 Å². The zero-order valence-corrected chi connectivity index (χ0v) is 11.2. The molecule has 0 amide bonds. The van der Waals surface area contributed by atoms with Crippen LogP contribution in [0.25, 0.3) is 0 Å². The van der Waals surface area contributed by atoms with Gasteiger partial charge in [0.05, 0.1) is 12.6 Å². The summed E-state index contributed by atoms with van der Waals surface area (Å²) in [7, 11) is 0. The van der Waals surface area contributed by atoms with E-state index in [-0.39, 0.29) is 18.5 Å². The van der Waals surface area contributed by atoms with Gasteiger partial charge in [0.1, 0.15) is 5.82 Å². The number of hydrogen-bond donors (Lipinski definition) is 3. The Bertz CT molecular complexity index is 465. The van der Waals surface area contributed by atoms with Crippen molar-refractivity contribution in [1.82, 2.24) is 10.9 Å². The Morgan fingerprint density at radius 3 is 2.95 bits per heavy atom. The molecule has 1 aliphatic carbocycles. The van der Waals surface area contributed by atoms with Crippen LogP contribution in [-0.2, 0) is 6.61 Å². The summed E-state index contributed by atoms with van der Waals surface area (Å²) in [6.07, 6.45) is 3.67. The Hall–Kier alpha value is -0.970. The van der Waals surface area contributed by atoms with Crippen molar-refractivity contribution in [2.45, 2.75) is 44.9 Å². The third kappa shape index (κ3) is 2.40. The number of hydrazine groups is 1. The molecule has 1 saturated carbocycles. The average Bonchev–Trinajstić information content (AvgIpc) is 2.82. The zero-order valence-electron chi connectivity index (χ0n) is 11.2. The second-order valence-electron chi connectivity index (χ2n) is 5.96. The van der Waals surface area contributed by atoms with Gasteiger partial charge >= 0.3 is 0 Å². The molecule has 0 spiro atoms. The Kier molecular flexibility index (Phi) is 3.56. The molecule has 0 radical (unpaired) electrons. The number of hydrogen-bond acceptors (Lipinski definition) is 3. The molecule has 1 aromatic carbocycles. The molecular weight excluding hydrogens is 243 g/mol. The fourth-order valence-corrected chi connectivity index (χ4v) is 3.52. The van der Waals surface area contributed by atoms with Crippen LogP contribution in [0.1, 0.15) is 43.4 Å². The largest absolute Gasteiger partial charge is 0.392 e. The van der Waals surface area contributed by atoms with Gasteiger partial charge in [0.15, 0.2) is 0 Å². The topological polar surface area (TPSA) is 44.3 Å². The third-order valence-corrected chi connectivity index (χ3v) is 4.61. The predicted octanol–water partition coefficient (Wildman–Crippen LogP) is 2.27. The van der Waals surface area contributed by atoms with Crippen molar-refractivity contribution in [2.75, 3.05) is 0 Å². The highest BCUT2D eigenvalue weighted by Crippen LogP contribution is 2.40. The van der Waals surface area contributed by atoms with Gasteiger partial charge in [-0.2, -0.15) is 0 Å². The fourth-order valence-electron chi connectivity index (χ4n) is 3.52. The van der Waals surface area contributed by atoms with E-state index in [2.05, 4.69) is 17.8 Å². The van der Waals surface area contributed by atoms with Gasteiger partial charge in [-0.3, -0.25) is 5.43 Å². The summed E-state index contributed by atoms with van der Waals surface area (Å²) in [5.41, 5.74) is 8.18. The first-order chi connectivity index (χ1) is 9.19. The van der Waals surface area contributed by atoms with Crippen molar-refractivity contribution in [3.05, 3.63) is 35.1 Å². The van der Waals surface area contributed by atoms with Crippen LogP contribution in [-0.4, -0.2) is 11.1 Å². The number of halogens is 1. The van der Waals surface area contributed by atoms with Gasteiger partial charge < -0.3 is 5.11 Å². The van der Waals surface area contributed by atoms with Gasteiger partial charge in [0.2, 0.25) is 0 Å². The Balaban J connectivity index is 1.85. The van der Waals surface area contributed by atoms with E-state index in [1.54, 1.807) is 6.07 Å². The van der Waals surface area contributed by atoms with Gasteiger partial charge in [0, 0.05) is 11.6 Å². The third-order valence-electron chi connectivity index (χ3n) is 4.61. The molecule has 2 aliphatic rings. The first-order valence-corrected chi connectivity index (χ1v) is 7.09. The second kappa shape index (κ2) is 5.19. The van der Waals surface area contributed by atoms with Gasteiger partial charge in [-0.1, -0.05) is 13.0 Å². The number of aliphatic hydroxyl groups excluding tert-OH is 1. The van der Waals surface area contributed by atoms with Crippen molar-refractivity contribution in [3.8, 4) is 0 Å². The highest BCUT2D eigenvalue weighted by molar-refractivity contribution is 5.28. The van der Waals surface area contributed by atoms with E-state index < -0.39 is 0 Å². The summed E-state index contributed by atoms with van der Waals surface area (Å²) < 4.78 is 13.5. The fraction of sp³-hybridized carbons (Fsp3) is 0.600. The van der Waals surface area contributed by atoms with Crippen molar-refractivity contribution in [2.24, 2.45) is 11.8 Å². The van der Waals surface area contributed by atoms with Crippen LogP contribution >= 0.6 is 0 Å². The molecule has 3 N–H and O–H groups in total. The lowest BCUT2D eigenvalue weighted by Crippen LogP contribution is -2.34. The second-order valence-corrected chi connectivity index (χ2v) is 5.96. The van der Waals surface area contributed by atoms with Crippen molar-refractivity contribution in [1.29, 1.82) is 0 Å². The molecule has 4 atom stereocenters. The summed E-state index contributed by atoms with van der Waals surface area (Å²) in [5, 5.41) is 9.18. The lowest BCUT2D eigenvalue weighted by atomic mass is 9.75. The zero-order chi connectivity index (χ0) is 13.4. The molecular formula is C15H21FN2O. The lowest BCUT2D eigenvalue weighted by molar-refractivity contribution is 0.245. The number of fused-ring (bicyclic) bond motifs is 1. The van der Waals surface area contributed by atoms with E-state index in [1.807, 2.05) is 6.07 Å². The molecule has 4 unspecified atom stereocenters. The standard InChI is InChI=1S/C15H21FN2O/c1-9-2-5-14-12(6-9)15(18-17-14)10-3-4-13(16)11(7-10)8-19/h3-4,7,9,12,14-15,17-19H,2,5-6,8H2,1H3. The molecule has 1 aliphatic heterocycles. The van der Waals surface area contributed by atoms with E-state index >= 15 is 0 Å². The summed E-state index contributed by atoms with van der Waals surface area (Å²) in [4.78, 5) is 0. The van der Waals surface area contributed by atoms with Crippen LogP contribution in [0.15, 0.2) is 18.2 Å². The SMILES string of the molecule is CC1CCC2NNC(c3ccc(F)c(CO)c3)C2C1. The number of aliphatic hydroxyl groups is 1. The van der Waals surface area contributed by atoms with Gasteiger partial charge in [-0.05, 0) is 48.8 Å². The highest BCUT2D eigenvalue weighted by Gasteiger charge is 2.39. The number of benzene rings is 1. The van der Waals surface area contributed by atoms with Crippen LogP contribution in [0.3, 0.4) is 0 Å². The minimum Gasteiger partial charge on any atom is -0.392 e. The highest BCUT2D eigenvalue weighted by atomic mass is 19.1. The van der Waals surface area contributed by atoms with Gasteiger partial charge in [0.25, 0.3) is 0 Å². The van der Waals surface area contributed by atoms with E-state index in [9.17, 15) is 9.50 Å². The molecule has 1 aromatic rings. The first kappa shape index (κ1) is 13.0. The van der Waals surface area contributed by atoms with Crippen LogP contribution < -0.4 is 10.9 Å². The van der Waals surface area contributed by atoms with Gasteiger partial charge in [-0.25, -0.2) is 9.82 Å². The molecule has 0 aromatic heterocycles. The Morgan fingerprint density at radius 2 is 2.16 bits per heavy atom. The molecule has 3 nitrogen and oxygen atoms in total. The first-order valence-electron chi connectivity index (χ1n) is 7.09. The molecule has 104 valence electrons. The lowest BCUT2D eigenvalue weighted by Gasteiger charge is -2.31. The van der Waals surface area contributed by atoms with E-state index in [0.29, 0.717) is 17.5 Å². The number of nitrogens with one attached hydrogen (secondary N) is 2. The predicted molar refractivity (Wildman–Crippen MR) is 71.6 cm³/mol. The normalized spacial score (nSPS) is 34.3.